The first kappa shape index (κ1) is 23.2. The Kier molecular flexibility index (Phi) is 6.70. The van der Waals surface area contributed by atoms with E-state index in [1.54, 1.807) is 0 Å². The number of hydrogen-bond acceptors (Lipinski definition) is 4. The van der Waals surface area contributed by atoms with Crippen molar-refractivity contribution in [3.8, 4) is 0 Å². The van der Waals surface area contributed by atoms with Crippen molar-refractivity contribution in [3.63, 3.8) is 0 Å². The molecule has 0 radical (unpaired) electrons. The van der Waals surface area contributed by atoms with Gasteiger partial charge in [0.25, 0.3) is 10.0 Å². The molecule has 0 bridgehead atoms. The molecular formula is C26H31N3O3S. The Balaban J connectivity index is 1.46. The molecule has 0 aromatic heterocycles. The molecule has 0 unspecified atom stereocenters. The maximum Gasteiger partial charge on any atom is 0.285 e. The van der Waals surface area contributed by atoms with Gasteiger partial charge in [0.05, 0.1) is 6.04 Å². The van der Waals surface area contributed by atoms with Crippen LogP contribution >= 0.6 is 0 Å². The summed E-state index contributed by atoms with van der Waals surface area (Å²) in [6, 6.07) is 17.4. The minimum atomic E-state index is -3.74. The molecule has 33 heavy (non-hydrogen) atoms. The van der Waals surface area contributed by atoms with Crippen LogP contribution in [-0.2, 0) is 14.8 Å². The van der Waals surface area contributed by atoms with Crippen LogP contribution < -0.4 is 5.32 Å². The number of carbonyl (C=O) groups excluding carboxylic acids is 1. The van der Waals surface area contributed by atoms with Crippen molar-refractivity contribution in [3.05, 3.63) is 76.9 Å². The molecule has 2 aromatic rings. The molecular weight excluding hydrogens is 434 g/mol. The molecule has 7 heteroatoms. The predicted octanol–water partition coefficient (Wildman–Crippen LogP) is 4.45. The SMILES string of the molecule is CCC1=C(c2ccc(C)cc2)S(=O)(=O)N=C1N1CCC(C(=O)N[C@H](C)c2ccccc2)CC1. The molecule has 2 aromatic carbocycles. The number of nitrogens with zero attached hydrogens (tertiary/aromatic N) is 2. The number of carbonyl (C=O) groups is 1. The maximum absolute atomic E-state index is 13.0. The topological polar surface area (TPSA) is 78.8 Å². The molecule has 1 amide bonds. The first-order valence-corrected chi connectivity index (χ1v) is 13.0. The van der Waals surface area contributed by atoms with Gasteiger partial charge in [0.15, 0.2) is 0 Å². The van der Waals surface area contributed by atoms with E-state index >= 15 is 0 Å². The van der Waals surface area contributed by atoms with Crippen LogP contribution in [0.2, 0.25) is 0 Å². The highest BCUT2D eigenvalue weighted by molar-refractivity contribution is 8.00. The predicted molar refractivity (Wildman–Crippen MR) is 132 cm³/mol. The number of aryl methyl sites for hydroxylation is 1. The van der Waals surface area contributed by atoms with Crippen LogP contribution in [0.15, 0.2) is 64.6 Å². The lowest BCUT2D eigenvalue weighted by Crippen LogP contribution is -2.43. The molecule has 2 heterocycles. The summed E-state index contributed by atoms with van der Waals surface area (Å²) in [6.07, 6.45) is 1.92. The third-order valence-electron chi connectivity index (χ3n) is 6.50. The van der Waals surface area contributed by atoms with Crippen LogP contribution in [0.1, 0.15) is 55.8 Å². The van der Waals surface area contributed by atoms with Gasteiger partial charge < -0.3 is 10.2 Å². The Bertz CT molecular complexity index is 1180. The van der Waals surface area contributed by atoms with E-state index in [4.69, 9.17) is 0 Å². The third kappa shape index (κ3) is 4.88. The van der Waals surface area contributed by atoms with E-state index in [-0.39, 0.29) is 17.9 Å². The Labute approximate surface area is 196 Å². The summed E-state index contributed by atoms with van der Waals surface area (Å²) in [7, 11) is -3.74. The zero-order chi connectivity index (χ0) is 23.6. The fourth-order valence-electron chi connectivity index (χ4n) is 4.58. The molecule has 174 valence electrons. The van der Waals surface area contributed by atoms with Gasteiger partial charge in [-0.1, -0.05) is 67.1 Å². The zero-order valence-corrected chi connectivity index (χ0v) is 20.2. The van der Waals surface area contributed by atoms with Gasteiger partial charge in [-0.2, -0.15) is 8.42 Å². The maximum atomic E-state index is 13.0. The number of rotatable bonds is 5. The summed E-state index contributed by atoms with van der Waals surface area (Å²) in [4.78, 5) is 15.2. The molecule has 2 aliphatic heterocycles. The zero-order valence-electron chi connectivity index (χ0n) is 19.4. The number of likely N-dealkylation sites (tertiary alicyclic amines) is 1. The standard InChI is InChI=1S/C26H31N3O3S/c1-4-23-24(21-12-10-18(2)11-13-21)33(31,32)28-25(23)29-16-14-22(15-17-29)26(30)27-19(3)20-8-6-5-7-9-20/h5-13,19,22H,4,14-17H2,1-3H3,(H,27,30)/t19-/m1/s1. The number of sulfonamides is 1. The smallest absolute Gasteiger partial charge is 0.285 e. The van der Waals surface area contributed by atoms with Crippen LogP contribution in [0.4, 0.5) is 0 Å². The molecule has 1 fully saturated rings. The largest absolute Gasteiger partial charge is 0.356 e. The normalized spacial score (nSPS) is 19.4. The van der Waals surface area contributed by atoms with Gasteiger partial charge in [-0.15, -0.1) is 4.40 Å². The Morgan fingerprint density at radius 1 is 1.09 bits per heavy atom. The highest BCUT2D eigenvalue weighted by atomic mass is 32.2. The number of nitrogens with one attached hydrogen (secondary N) is 1. The quantitative estimate of drug-likeness (QED) is 0.708. The number of hydrogen-bond donors (Lipinski definition) is 1. The van der Waals surface area contributed by atoms with Crippen molar-refractivity contribution in [1.82, 2.24) is 10.2 Å². The second kappa shape index (κ2) is 9.51. The van der Waals surface area contributed by atoms with Gasteiger partial charge in [-0.3, -0.25) is 4.79 Å². The lowest BCUT2D eigenvalue weighted by atomic mass is 9.94. The van der Waals surface area contributed by atoms with Crippen LogP contribution in [0.3, 0.4) is 0 Å². The molecule has 0 spiro atoms. The summed E-state index contributed by atoms with van der Waals surface area (Å²) < 4.78 is 30.1. The molecule has 0 saturated carbocycles. The van der Waals surface area contributed by atoms with Gasteiger partial charge in [0.1, 0.15) is 10.7 Å². The van der Waals surface area contributed by atoms with E-state index in [0.29, 0.717) is 48.7 Å². The van der Waals surface area contributed by atoms with E-state index in [1.165, 1.54) is 0 Å². The van der Waals surface area contributed by atoms with Gasteiger partial charge in [0.2, 0.25) is 5.91 Å². The Hall–Kier alpha value is -2.93. The second-order valence-electron chi connectivity index (χ2n) is 8.82. The highest BCUT2D eigenvalue weighted by Gasteiger charge is 2.36. The van der Waals surface area contributed by atoms with Gasteiger partial charge in [-0.05, 0) is 44.2 Å². The fourth-order valence-corrected chi connectivity index (χ4v) is 6.10. The summed E-state index contributed by atoms with van der Waals surface area (Å²) in [5.74, 6) is 0.514. The van der Waals surface area contributed by atoms with Crippen LogP contribution in [-0.4, -0.2) is 38.2 Å². The molecule has 1 saturated heterocycles. The Morgan fingerprint density at radius 3 is 2.33 bits per heavy atom. The number of amides is 1. The van der Waals surface area contributed by atoms with E-state index in [1.807, 2.05) is 80.3 Å². The molecule has 4 rings (SSSR count). The van der Waals surface area contributed by atoms with Crippen LogP contribution in [0, 0.1) is 12.8 Å². The summed E-state index contributed by atoms with van der Waals surface area (Å²) >= 11 is 0. The minimum absolute atomic E-state index is 0.0484. The first-order valence-electron chi connectivity index (χ1n) is 11.6. The second-order valence-corrected chi connectivity index (χ2v) is 10.4. The van der Waals surface area contributed by atoms with Gasteiger partial charge >= 0.3 is 0 Å². The molecule has 0 aliphatic carbocycles. The number of amidine groups is 1. The molecule has 6 nitrogen and oxygen atoms in total. The Morgan fingerprint density at radius 2 is 1.73 bits per heavy atom. The van der Waals surface area contributed by atoms with Crippen LogP contribution in [0.25, 0.3) is 4.91 Å². The fraction of sp³-hybridized carbons (Fsp3) is 0.385. The number of piperidine rings is 1. The molecule has 1 N–H and O–H groups in total. The van der Waals surface area contributed by atoms with Crippen molar-refractivity contribution < 1.29 is 13.2 Å². The van der Waals surface area contributed by atoms with E-state index in [2.05, 4.69) is 9.71 Å². The van der Waals surface area contributed by atoms with Gasteiger partial charge in [-0.25, -0.2) is 0 Å². The minimum Gasteiger partial charge on any atom is -0.356 e. The average molecular weight is 466 g/mol. The van der Waals surface area contributed by atoms with Crippen molar-refractivity contribution in [1.29, 1.82) is 0 Å². The van der Waals surface area contributed by atoms with Crippen molar-refractivity contribution in [2.24, 2.45) is 10.3 Å². The summed E-state index contributed by atoms with van der Waals surface area (Å²) in [5.41, 5.74) is 3.60. The van der Waals surface area contributed by atoms with Crippen molar-refractivity contribution >= 4 is 26.7 Å². The van der Waals surface area contributed by atoms with Gasteiger partial charge in [0, 0.05) is 24.6 Å². The van der Waals surface area contributed by atoms with E-state index in [9.17, 15) is 13.2 Å². The highest BCUT2D eigenvalue weighted by Crippen LogP contribution is 2.36. The van der Waals surface area contributed by atoms with Crippen molar-refractivity contribution in [2.75, 3.05) is 13.1 Å². The van der Waals surface area contributed by atoms with Crippen molar-refractivity contribution in [2.45, 2.75) is 46.1 Å². The third-order valence-corrected chi connectivity index (χ3v) is 7.91. The molecule has 2 aliphatic rings. The summed E-state index contributed by atoms with van der Waals surface area (Å²) in [5, 5.41) is 3.12. The van der Waals surface area contributed by atoms with E-state index < -0.39 is 10.0 Å². The monoisotopic (exact) mass is 465 g/mol. The average Bonchev–Trinajstić information content (AvgIpc) is 3.10. The molecule has 1 atom stereocenters. The van der Waals surface area contributed by atoms with E-state index in [0.717, 1.165) is 16.7 Å². The lowest BCUT2D eigenvalue weighted by molar-refractivity contribution is -0.126. The first-order chi connectivity index (χ1) is 15.8. The number of benzene rings is 2. The van der Waals surface area contributed by atoms with Crippen LogP contribution in [0.5, 0.6) is 0 Å². The lowest BCUT2D eigenvalue weighted by Gasteiger charge is -2.33. The summed E-state index contributed by atoms with van der Waals surface area (Å²) in [6.45, 7) is 7.15.